The number of aromatic nitrogens is 1. The molecule has 1 aromatic carbocycles. The van der Waals surface area contributed by atoms with Crippen molar-refractivity contribution >= 4 is 35.9 Å². The molecular weight excluding hydrogens is 514 g/mol. The molecule has 0 aliphatic carbocycles. The van der Waals surface area contributed by atoms with E-state index >= 15 is 0 Å². The number of hydrogen-bond acceptors (Lipinski definition) is 5. The van der Waals surface area contributed by atoms with Gasteiger partial charge in [0.25, 0.3) is 0 Å². The van der Waals surface area contributed by atoms with Gasteiger partial charge in [0, 0.05) is 44.5 Å². The minimum absolute atomic E-state index is 0. The van der Waals surface area contributed by atoms with Gasteiger partial charge in [0.1, 0.15) is 11.6 Å². The van der Waals surface area contributed by atoms with E-state index in [2.05, 4.69) is 20.2 Å². The maximum Gasteiger partial charge on any atom is 0.309 e. The first-order valence-electron chi connectivity index (χ1n) is 10.1. The number of aliphatic imine (C=N–C) groups is 1. The first-order valence-corrected chi connectivity index (χ1v) is 10.1. The van der Waals surface area contributed by atoms with Gasteiger partial charge in [-0.05, 0) is 38.0 Å². The van der Waals surface area contributed by atoms with Crippen molar-refractivity contribution in [2.45, 2.75) is 26.3 Å². The third-order valence-electron chi connectivity index (χ3n) is 4.92. The van der Waals surface area contributed by atoms with E-state index in [9.17, 15) is 9.18 Å². The van der Waals surface area contributed by atoms with Crippen molar-refractivity contribution in [2.75, 3.05) is 26.7 Å². The van der Waals surface area contributed by atoms with Crippen molar-refractivity contribution in [1.29, 1.82) is 0 Å². The van der Waals surface area contributed by atoms with Crippen LogP contribution in [0.3, 0.4) is 0 Å². The standard InChI is InChI=1S/C22H27FN4O3.HI/c1-3-29-21(28)16-9-12-27(13-10-16)22(24-2)26-15-17-6-5-11-25-20(17)30-19-8-4-7-18(23)14-19;/h4-8,11,14,16H,3,9-10,12-13,15H2,1-2H3,(H,24,26);1H. The summed E-state index contributed by atoms with van der Waals surface area (Å²) < 4.78 is 24.3. The summed E-state index contributed by atoms with van der Waals surface area (Å²) >= 11 is 0. The van der Waals surface area contributed by atoms with Gasteiger partial charge in [-0.15, -0.1) is 24.0 Å². The Morgan fingerprint density at radius 1 is 1.29 bits per heavy atom. The molecule has 9 heteroatoms. The van der Waals surface area contributed by atoms with Gasteiger partial charge >= 0.3 is 5.97 Å². The number of benzene rings is 1. The summed E-state index contributed by atoms with van der Waals surface area (Å²) in [5.74, 6) is 1.01. The average molecular weight is 542 g/mol. The van der Waals surface area contributed by atoms with Crippen LogP contribution in [0.1, 0.15) is 25.3 Å². The molecule has 0 amide bonds. The lowest BCUT2D eigenvalue weighted by atomic mass is 9.97. The molecule has 2 heterocycles. The lowest BCUT2D eigenvalue weighted by Gasteiger charge is -2.33. The second kappa shape index (κ2) is 12.4. The van der Waals surface area contributed by atoms with Crippen LogP contribution >= 0.6 is 24.0 Å². The Morgan fingerprint density at radius 2 is 2.06 bits per heavy atom. The first kappa shape index (κ1) is 24.8. The van der Waals surface area contributed by atoms with E-state index in [0.717, 1.165) is 37.5 Å². The van der Waals surface area contributed by atoms with Crippen LogP contribution in [-0.2, 0) is 16.1 Å². The van der Waals surface area contributed by atoms with Gasteiger partial charge in [0.05, 0.1) is 12.5 Å². The predicted octanol–water partition coefficient (Wildman–Crippen LogP) is 3.98. The number of carbonyl (C=O) groups is 1. The second-order valence-corrected chi connectivity index (χ2v) is 6.94. The summed E-state index contributed by atoms with van der Waals surface area (Å²) in [5.41, 5.74) is 0.823. The number of likely N-dealkylation sites (tertiary alicyclic amines) is 1. The highest BCUT2D eigenvalue weighted by molar-refractivity contribution is 14.0. The molecule has 31 heavy (non-hydrogen) atoms. The van der Waals surface area contributed by atoms with Gasteiger partial charge in [-0.2, -0.15) is 0 Å². The molecule has 1 aliphatic rings. The Bertz CT molecular complexity index is 889. The lowest BCUT2D eigenvalue weighted by Crippen LogP contribution is -2.46. The minimum Gasteiger partial charge on any atom is -0.466 e. The fraction of sp³-hybridized carbons (Fsp3) is 0.409. The molecule has 0 saturated carbocycles. The maximum atomic E-state index is 13.4. The summed E-state index contributed by atoms with van der Waals surface area (Å²) in [6.45, 7) is 4.13. The number of guanidine groups is 1. The SMILES string of the molecule is CCOC(=O)C1CCN(C(=NC)NCc2cccnc2Oc2cccc(F)c2)CC1.I. The van der Waals surface area contributed by atoms with Gasteiger partial charge < -0.3 is 19.7 Å². The quantitative estimate of drug-likeness (QED) is 0.258. The number of hydrogen-bond donors (Lipinski definition) is 1. The van der Waals surface area contributed by atoms with E-state index < -0.39 is 0 Å². The third kappa shape index (κ3) is 7.05. The van der Waals surface area contributed by atoms with Gasteiger partial charge in [0.15, 0.2) is 5.96 Å². The van der Waals surface area contributed by atoms with Gasteiger partial charge in [-0.1, -0.05) is 12.1 Å². The van der Waals surface area contributed by atoms with Gasteiger partial charge in [0.2, 0.25) is 5.88 Å². The van der Waals surface area contributed by atoms with Gasteiger partial charge in [-0.25, -0.2) is 9.37 Å². The number of rotatable bonds is 6. The molecule has 1 N–H and O–H groups in total. The minimum atomic E-state index is -0.366. The lowest BCUT2D eigenvalue weighted by molar-refractivity contribution is -0.149. The Hall–Kier alpha value is -2.43. The normalized spacial score (nSPS) is 14.5. The van der Waals surface area contributed by atoms with Crippen molar-refractivity contribution in [3.63, 3.8) is 0 Å². The van der Waals surface area contributed by atoms with Crippen molar-refractivity contribution in [3.05, 3.63) is 54.0 Å². The highest BCUT2D eigenvalue weighted by Crippen LogP contribution is 2.24. The summed E-state index contributed by atoms with van der Waals surface area (Å²) in [6, 6.07) is 9.67. The van der Waals surface area contributed by atoms with Crippen molar-refractivity contribution < 1.29 is 18.7 Å². The topological polar surface area (TPSA) is 76.0 Å². The summed E-state index contributed by atoms with van der Waals surface area (Å²) in [6.07, 6.45) is 3.10. The third-order valence-corrected chi connectivity index (χ3v) is 4.92. The summed E-state index contributed by atoms with van der Waals surface area (Å²) in [7, 11) is 1.73. The molecular formula is C22H28FIN4O3. The van der Waals surface area contributed by atoms with Crippen LogP contribution in [-0.4, -0.2) is 48.6 Å². The molecule has 0 atom stereocenters. The number of pyridine rings is 1. The highest BCUT2D eigenvalue weighted by atomic mass is 127. The maximum absolute atomic E-state index is 13.4. The van der Waals surface area contributed by atoms with E-state index in [1.54, 1.807) is 25.4 Å². The van der Waals surface area contributed by atoms with Crippen molar-refractivity contribution in [2.24, 2.45) is 10.9 Å². The molecule has 0 bridgehead atoms. The molecule has 1 aromatic heterocycles. The number of esters is 1. The monoisotopic (exact) mass is 542 g/mol. The van der Waals surface area contributed by atoms with Crippen LogP contribution in [0.15, 0.2) is 47.6 Å². The molecule has 2 aromatic rings. The zero-order valence-corrected chi connectivity index (χ0v) is 20.0. The van der Waals surface area contributed by atoms with Crippen molar-refractivity contribution in [1.82, 2.24) is 15.2 Å². The smallest absolute Gasteiger partial charge is 0.309 e. The molecule has 0 radical (unpaired) electrons. The molecule has 168 valence electrons. The van der Waals surface area contributed by atoms with Crippen LogP contribution in [0.2, 0.25) is 0 Å². The van der Waals surface area contributed by atoms with Gasteiger partial charge in [-0.3, -0.25) is 9.79 Å². The number of halogens is 2. The van der Waals surface area contributed by atoms with Crippen LogP contribution in [0.25, 0.3) is 0 Å². The number of carbonyl (C=O) groups excluding carboxylic acids is 1. The molecule has 7 nitrogen and oxygen atoms in total. The van der Waals surface area contributed by atoms with E-state index in [4.69, 9.17) is 9.47 Å². The molecule has 1 fully saturated rings. The van der Waals surface area contributed by atoms with E-state index in [0.29, 0.717) is 24.8 Å². The van der Waals surface area contributed by atoms with E-state index in [1.807, 2.05) is 19.1 Å². The fourth-order valence-corrected chi connectivity index (χ4v) is 3.39. The number of nitrogens with one attached hydrogen (secondary N) is 1. The molecule has 1 aliphatic heterocycles. The molecule has 1 saturated heterocycles. The zero-order chi connectivity index (χ0) is 21.3. The summed E-state index contributed by atoms with van der Waals surface area (Å²) in [5, 5.41) is 3.33. The predicted molar refractivity (Wildman–Crippen MR) is 127 cm³/mol. The van der Waals surface area contributed by atoms with Crippen molar-refractivity contribution in [3.8, 4) is 11.6 Å². The Kier molecular flexibility index (Phi) is 9.96. The summed E-state index contributed by atoms with van der Waals surface area (Å²) in [4.78, 5) is 22.7. The van der Waals surface area contributed by atoms with E-state index in [-0.39, 0.29) is 41.7 Å². The largest absolute Gasteiger partial charge is 0.466 e. The number of piperidine rings is 1. The van der Waals surface area contributed by atoms with E-state index in [1.165, 1.54) is 12.1 Å². The Morgan fingerprint density at radius 3 is 2.74 bits per heavy atom. The first-order chi connectivity index (χ1) is 14.6. The van der Waals surface area contributed by atoms with Crippen LogP contribution in [0.5, 0.6) is 11.6 Å². The average Bonchev–Trinajstić information content (AvgIpc) is 2.76. The Balaban J connectivity index is 0.00000341. The van der Waals surface area contributed by atoms with Crippen LogP contribution < -0.4 is 10.1 Å². The molecule has 0 spiro atoms. The van der Waals surface area contributed by atoms with Crippen LogP contribution in [0.4, 0.5) is 4.39 Å². The molecule has 0 unspecified atom stereocenters. The highest BCUT2D eigenvalue weighted by Gasteiger charge is 2.27. The molecule has 3 rings (SSSR count). The fourth-order valence-electron chi connectivity index (χ4n) is 3.39. The second-order valence-electron chi connectivity index (χ2n) is 6.94. The number of nitrogens with zero attached hydrogens (tertiary/aromatic N) is 3. The zero-order valence-electron chi connectivity index (χ0n) is 17.7. The Labute approximate surface area is 199 Å². The van der Waals surface area contributed by atoms with Crippen LogP contribution in [0, 0.1) is 11.7 Å². The number of ether oxygens (including phenoxy) is 2.